The maximum Gasteiger partial charge on any atom is 0.301 e. The van der Waals surface area contributed by atoms with E-state index in [0.717, 1.165) is 30.4 Å². The molecule has 0 unspecified atom stereocenters. The Kier molecular flexibility index (Phi) is 9.20. The second-order valence-electron chi connectivity index (χ2n) is 9.27. The molecule has 2 aromatic carbocycles. The second kappa shape index (κ2) is 12.6. The van der Waals surface area contributed by atoms with E-state index in [9.17, 15) is 18.0 Å². The number of aryl methyl sites for hydroxylation is 1. The lowest BCUT2D eigenvalue weighted by Gasteiger charge is -2.23. The van der Waals surface area contributed by atoms with Gasteiger partial charge in [0.1, 0.15) is 22.2 Å². The van der Waals surface area contributed by atoms with Crippen molar-refractivity contribution in [3.05, 3.63) is 75.2 Å². The Balaban J connectivity index is 1.51. The summed E-state index contributed by atoms with van der Waals surface area (Å²) in [6, 6.07) is 13.2. The summed E-state index contributed by atoms with van der Waals surface area (Å²) in [6.45, 7) is 2.44. The summed E-state index contributed by atoms with van der Waals surface area (Å²) < 4.78 is 39.5. The van der Waals surface area contributed by atoms with Gasteiger partial charge >= 0.3 is 10.2 Å². The highest BCUT2D eigenvalue weighted by Crippen LogP contribution is 2.30. The van der Waals surface area contributed by atoms with E-state index in [2.05, 4.69) is 9.71 Å². The van der Waals surface area contributed by atoms with E-state index >= 15 is 0 Å². The molecular formula is C27H32N4O6S2. The first kappa shape index (κ1) is 28.5. The number of hydrogen-bond acceptors (Lipinski definition) is 8. The number of methoxy groups -OCH3 is 2. The molecule has 1 aliphatic carbocycles. The Hall–Kier alpha value is -3.48. The maximum atomic E-state index is 13.7. The molecule has 0 bridgehead atoms. The number of nitrogens with one attached hydrogen (secondary N) is 2. The van der Waals surface area contributed by atoms with Crippen LogP contribution in [-0.2, 0) is 23.2 Å². The number of benzene rings is 2. The maximum absolute atomic E-state index is 13.7. The SMILES string of the molecule is COc1cc(C(=O)N(CCCc2ccccc2)Cc2nc(C(=O)NS(=O)(=O)NC3CC3)cs2)cc(OC)c1C. The highest BCUT2D eigenvalue weighted by atomic mass is 32.2. The predicted molar refractivity (Wildman–Crippen MR) is 148 cm³/mol. The molecule has 4 rings (SSSR count). The second-order valence-corrected chi connectivity index (χ2v) is 11.7. The van der Waals surface area contributed by atoms with Gasteiger partial charge in [-0.05, 0) is 50.3 Å². The average molecular weight is 573 g/mol. The van der Waals surface area contributed by atoms with E-state index in [1.165, 1.54) is 30.9 Å². The number of nitrogens with zero attached hydrogens (tertiary/aromatic N) is 2. The van der Waals surface area contributed by atoms with Crippen molar-refractivity contribution in [1.29, 1.82) is 0 Å². The molecule has 1 fully saturated rings. The molecule has 39 heavy (non-hydrogen) atoms. The summed E-state index contributed by atoms with van der Waals surface area (Å²) in [5.41, 5.74) is 2.33. The zero-order valence-electron chi connectivity index (χ0n) is 22.1. The van der Waals surface area contributed by atoms with Crippen molar-refractivity contribution in [2.75, 3.05) is 20.8 Å². The first-order valence-electron chi connectivity index (χ1n) is 12.5. The van der Waals surface area contributed by atoms with Gasteiger partial charge in [-0.25, -0.2) is 9.71 Å². The van der Waals surface area contributed by atoms with Gasteiger partial charge in [-0.15, -0.1) is 11.3 Å². The van der Waals surface area contributed by atoms with Crippen LogP contribution in [0.3, 0.4) is 0 Å². The number of ether oxygens (including phenoxy) is 2. The minimum absolute atomic E-state index is 0.0217. The Bertz CT molecular complexity index is 1400. The summed E-state index contributed by atoms with van der Waals surface area (Å²) in [5.74, 6) is 0.0185. The minimum Gasteiger partial charge on any atom is -0.496 e. The third-order valence-corrected chi connectivity index (χ3v) is 8.19. The van der Waals surface area contributed by atoms with E-state index < -0.39 is 16.1 Å². The first-order valence-corrected chi connectivity index (χ1v) is 14.9. The van der Waals surface area contributed by atoms with Crippen LogP contribution in [0.5, 0.6) is 11.5 Å². The summed E-state index contributed by atoms with van der Waals surface area (Å²) in [7, 11) is -0.882. The van der Waals surface area contributed by atoms with Gasteiger partial charge in [0.2, 0.25) is 0 Å². The van der Waals surface area contributed by atoms with E-state index in [-0.39, 0.29) is 24.2 Å². The molecule has 1 saturated carbocycles. The Labute approximate surface area is 232 Å². The molecule has 0 aliphatic heterocycles. The zero-order chi connectivity index (χ0) is 28.0. The Morgan fingerprint density at radius 2 is 1.77 bits per heavy atom. The largest absolute Gasteiger partial charge is 0.496 e. The van der Waals surface area contributed by atoms with Crippen LogP contribution in [0, 0.1) is 6.92 Å². The lowest BCUT2D eigenvalue weighted by Crippen LogP contribution is -2.41. The zero-order valence-corrected chi connectivity index (χ0v) is 23.7. The molecule has 1 aromatic heterocycles. The van der Waals surface area contributed by atoms with Crippen LogP contribution in [0.2, 0.25) is 0 Å². The van der Waals surface area contributed by atoms with Gasteiger partial charge in [-0.3, -0.25) is 9.59 Å². The number of carbonyl (C=O) groups is 2. The van der Waals surface area contributed by atoms with E-state index in [1.54, 1.807) is 17.0 Å². The molecular weight excluding hydrogens is 540 g/mol. The molecule has 3 aromatic rings. The summed E-state index contributed by atoms with van der Waals surface area (Å²) in [6.07, 6.45) is 2.99. The van der Waals surface area contributed by atoms with Crippen molar-refractivity contribution in [2.45, 2.75) is 45.2 Å². The minimum atomic E-state index is -3.96. The molecule has 2 N–H and O–H groups in total. The molecule has 1 heterocycles. The van der Waals surface area contributed by atoms with Gasteiger partial charge in [-0.1, -0.05) is 30.3 Å². The monoisotopic (exact) mass is 572 g/mol. The highest BCUT2D eigenvalue weighted by Gasteiger charge is 2.29. The molecule has 208 valence electrons. The van der Waals surface area contributed by atoms with Crippen molar-refractivity contribution in [3.8, 4) is 11.5 Å². The van der Waals surface area contributed by atoms with E-state index in [4.69, 9.17) is 9.47 Å². The Morgan fingerprint density at radius 3 is 2.38 bits per heavy atom. The smallest absolute Gasteiger partial charge is 0.301 e. The fourth-order valence-corrected chi connectivity index (χ4v) is 5.91. The van der Waals surface area contributed by atoms with Crippen LogP contribution >= 0.6 is 11.3 Å². The molecule has 10 nitrogen and oxygen atoms in total. The van der Waals surface area contributed by atoms with Gasteiger partial charge in [0.15, 0.2) is 0 Å². The molecule has 1 aliphatic rings. The van der Waals surface area contributed by atoms with Gasteiger partial charge < -0.3 is 14.4 Å². The topological polar surface area (TPSA) is 127 Å². The molecule has 12 heteroatoms. The fraction of sp³-hybridized carbons (Fsp3) is 0.370. The van der Waals surface area contributed by atoms with Crippen LogP contribution < -0.4 is 18.9 Å². The van der Waals surface area contributed by atoms with Crippen LogP contribution in [0.25, 0.3) is 0 Å². The molecule has 0 spiro atoms. The summed E-state index contributed by atoms with van der Waals surface area (Å²) in [4.78, 5) is 32.2. The highest BCUT2D eigenvalue weighted by molar-refractivity contribution is 7.88. The number of rotatable bonds is 13. The molecule has 0 atom stereocenters. The van der Waals surface area contributed by atoms with Crippen LogP contribution in [0.1, 0.15) is 56.2 Å². The lowest BCUT2D eigenvalue weighted by molar-refractivity contribution is 0.0740. The van der Waals surface area contributed by atoms with Gasteiger partial charge in [0, 0.05) is 29.1 Å². The predicted octanol–water partition coefficient (Wildman–Crippen LogP) is 3.47. The number of amides is 2. The number of aromatic nitrogens is 1. The van der Waals surface area contributed by atoms with Crippen molar-refractivity contribution in [1.82, 2.24) is 19.3 Å². The molecule has 0 radical (unpaired) electrons. The van der Waals surface area contributed by atoms with Crippen molar-refractivity contribution >= 4 is 33.4 Å². The summed E-state index contributed by atoms with van der Waals surface area (Å²) >= 11 is 1.19. The normalized spacial score (nSPS) is 13.1. The standard InChI is InChI=1S/C27H32N4O6S2/c1-18-23(36-2)14-20(15-24(18)37-3)27(33)31(13-7-10-19-8-5-4-6-9-19)16-25-28-22(17-38-25)26(32)30-39(34,35)29-21-11-12-21/h4-6,8-9,14-15,17,21,29H,7,10-13,16H2,1-3H3,(H,30,32). The van der Waals surface area contributed by atoms with Crippen molar-refractivity contribution < 1.29 is 27.5 Å². The molecule has 2 amide bonds. The number of thiazole rings is 1. The third-order valence-electron chi connectivity index (χ3n) is 6.26. The van der Waals surface area contributed by atoms with Crippen molar-refractivity contribution in [2.24, 2.45) is 0 Å². The number of carbonyl (C=O) groups excluding carboxylic acids is 2. The van der Waals surface area contributed by atoms with Gasteiger partial charge in [-0.2, -0.15) is 13.1 Å². The fourth-order valence-electron chi connectivity index (χ4n) is 4.04. The van der Waals surface area contributed by atoms with Gasteiger partial charge in [0.05, 0.1) is 20.8 Å². The van der Waals surface area contributed by atoms with Crippen LogP contribution in [0.15, 0.2) is 47.8 Å². The average Bonchev–Trinajstić information content (AvgIpc) is 3.59. The van der Waals surface area contributed by atoms with Crippen molar-refractivity contribution in [3.63, 3.8) is 0 Å². The quantitative estimate of drug-likeness (QED) is 0.321. The lowest BCUT2D eigenvalue weighted by atomic mass is 10.1. The van der Waals surface area contributed by atoms with Crippen LogP contribution in [-0.4, -0.2) is 56.9 Å². The van der Waals surface area contributed by atoms with Gasteiger partial charge in [0.25, 0.3) is 11.8 Å². The first-order chi connectivity index (χ1) is 18.7. The van der Waals surface area contributed by atoms with Crippen LogP contribution in [0.4, 0.5) is 0 Å². The Morgan fingerprint density at radius 1 is 1.10 bits per heavy atom. The number of hydrogen-bond donors (Lipinski definition) is 2. The molecule has 0 saturated heterocycles. The third kappa shape index (κ3) is 7.78. The summed E-state index contributed by atoms with van der Waals surface area (Å²) in [5, 5.41) is 1.99. The van der Waals surface area contributed by atoms with E-state index in [1.807, 2.05) is 42.0 Å². The van der Waals surface area contributed by atoms with E-state index in [0.29, 0.717) is 35.0 Å².